The van der Waals surface area contributed by atoms with Crippen molar-refractivity contribution >= 4 is 11.9 Å². The van der Waals surface area contributed by atoms with Gasteiger partial charge < -0.3 is 0 Å². The molecule has 0 spiro atoms. The van der Waals surface area contributed by atoms with Gasteiger partial charge in [0.05, 0.1) is 0 Å². The van der Waals surface area contributed by atoms with Gasteiger partial charge in [-0.2, -0.15) is 0 Å². The summed E-state index contributed by atoms with van der Waals surface area (Å²) in [5, 5.41) is 0. The van der Waals surface area contributed by atoms with Gasteiger partial charge >= 0.3 is 0 Å². The van der Waals surface area contributed by atoms with Crippen molar-refractivity contribution in [1.82, 2.24) is 0 Å². The number of hydrogen-bond donors (Lipinski definition) is 0. The molecule has 2 aliphatic rings. The van der Waals surface area contributed by atoms with E-state index >= 15 is 0 Å². The quantitative estimate of drug-likeness (QED) is 0.660. The molecule has 0 N–H and O–H groups in total. The van der Waals surface area contributed by atoms with Crippen LogP contribution in [0.4, 0.5) is 0 Å². The van der Waals surface area contributed by atoms with Gasteiger partial charge in [0.15, 0.2) is 0 Å². The lowest BCUT2D eigenvalue weighted by Gasteiger charge is -2.22. The van der Waals surface area contributed by atoms with Crippen LogP contribution in [0.25, 0.3) is 0 Å². The fourth-order valence-corrected chi connectivity index (χ4v) is 2.73. The lowest BCUT2D eigenvalue weighted by Crippen LogP contribution is -2.24. The Hall–Kier alpha value is -1.18. The SMILES string of the molecule is C=C(C)N=CC1(C)N=C(C2CCCCC2)C=C1C. The Morgan fingerprint density at radius 3 is 2.72 bits per heavy atom. The van der Waals surface area contributed by atoms with E-state index in [1.165, 1.54) is 43.4 Å². The molecule has 18 heavy (non-hydrogen) atoms. The summed E-state index contributed by atoms with van der Waals surface area (Å²) >= 11 is 0. The number of aliphatic imine (C=N–C) groups is 2. The van der Waals surface area contributed by atoms with Crippen molar-refractivity contribution in [2.24, 2.45) is 15.9 Å². The lowest BCUT2D eigenvalue weighted by molar-refractivity contribution is 0.440. The predicted molar refractivity (Wildman–Crippen MR) is 79.5 cm³/mol. The van der Waals surface area contributed by atoms with Crippen molar-refractivity contribution in [3.05, 3.63) is 23.9 Å². The Balaban J connectivity index is 2.17. The van der Waals surface area contributed by atoms with Crippen molar-refractivity contribution < 1.29 is 0 Å². The van der Waals surface area contributed by atoms with Crippen molar-refractivity contribution in [1.29, 1.82) is 0 Å². The third-order valence-corrected chi connectivity index (χ3v) is 4.08. The Morgan fingerprint density at radius 1 is 1.44 bits per heavy atom. The molecular formula is C16H24N2. The molecule has 0 saturated heterocycles. The van der Waals surface area contributed by atoms with Gasteiger partial charge in [-0.15, -0.1) is 0 Å². The first kappa shape index (κ1) is 13.3. The molecule has 1 aliphatic heterocycles. The molecule has 0 aromatic carbocycles. The van der Waals surface area contributed by atoms with Gasteiger partial charge in [0, 0.05) is 23.5 Å². The molecule has 0 amide bonds. The normalized spacial score (nSPS) is 29.5. The second-order valence-corrected chi connectivity index (χ2v) is 5.84. The van der Waals surface area contributed by atoms with Gasteiger partial charge in [-0.25, -0.2) is 0 Å². The number of hydrogen-bond acceptors (Lipinski definition) is 2. The monoisotopic (exact) mass is 244 g/mol. The molecule has 0 bridgehead atoms. The first-order valence-electron chi connectivity index (χ1n) is 7.00. The Morgan fingerprint density at radius 2 is 2.11 bits per heavy atom. The molecule has 1 aliphatic carbocycles. The summed E-state index contributed by atoms with van der Waals surface area (Å²) in [4.78, 5) is 9.27. The zero-order valence-corrected chi connectivity index (χ0v) is 11.9. The molecule has 2 nitrogen and oxygen atoms in total. The molecule has 1 fully saturated rings. The average molecular weight is 244 g/mol. The minimum Gasteiger partial charge on any atom is -0.273 e. The summed E-state index contributed by atoms with van der Waals surface area (Å²) in [7, 11) is 0. The van der Waals surface area contributed by atoms with Gasteiger partial charge in [-0.3, -0.25) is 9.98 Å². The van der Waals surface area contributed by atoms with Crippen LogP contribution in [0.1, 0.15) is 52.9 Å². The topological polar surface area (TPSA) is 24.7 Å². The van der Waals surface area contributed by atoms with E-state index in [1.54, 1.807) is 0 Å². The van der Waals surface area contributed by atoms with Crippen LogP contribution in [0, 0.1) is 5.92 Å². The molecule has 1 atom stereocenters. The minimum atomic E-state index is -0.244. The summed E-state index contributed by atoms with van der Waals surface area (Å²) in [6.07, 6.45) is 10.9. The lowest BCUT2D eigenvalue weighted by atomic mass is 9.85. The Bertz CT molecular complexity index is 422. The van der Waals surface area contributed by atoms with E-state index in [0.29, 0.717) is 5.92 Å². The Kier molecular flexibility index (Phi) is 3.84. The second kappa shape index (κ2) is 5.21. The fourth-order valence-electron chi connectivity index (χ4n) is 2.73. The van der Waals surface area contributed by atoms with E-state index in [9.17, 15) is 0 Å². The standard InChI is InChI=1S/C16H24N2/c1-12(2)17-11-16(4)13(3)10-15(18-16)14-8-6-5-7-9-14/h10-11,14H,1,5-9H2,2-4H3. The summed E-state index contributed by atoms with van der Waals surface area (Å²) in [5.74, 6) is 0.675. The summed E-state index contributed by atoms with van der Waals surface area (Å²) < 4.78 is 0. The van der Waals surface area contributed by atoms with Crippen LogP contribution in [0.3, 0.4) is 0 Å². The highest BCUT2D eigenvalue weighted by molar-refractivity contribution is 6.03. The number of rotatable bonds is 3. The molecule has 1 unspecified atom stereocenters. The highest BCUT2D eigenvalue weighted by Gasteiger charge is 2.31. The van der Waals surface area contributed by atoms with Crippen molar-refractivity contribution in [2.45, 2.75) is 58.4 Å². The van der Waals surface area contributed by atoms with Crippen LogP contribution in [0.15, 0.2) is 33.9 Å². The molecule has 0 aromatic rings. The van der Waals surface area contributed by atoms with Crippen LogP contribution in [-0.2, 0) is 0 Å². The zero-order chi connectivity index (χ0) is 13.2. The highest BCUT2D eigenvalue weighted by atomic mass is 14.9. The van der Waals surface area contributed by atoms with Crippen LogP contribution in [-0.4, -0.2) is 17.5 Å². The third-order valence-electron chi connectivity index (χ3n) is 4.08. The molecular weight excluding hydrogens is 220 g/mol. The van der Waals surface area contributed by atoms with Crippen molar-refractivity contribution in [3.63, 3.8) is 0 Å². The molecule has 2 heteroatoms. The fraction of sp³-hybridized carbons (Fsp3) is 0.625. The van der Waals surface area contributed by atoms with Gasteiger partial charge in [-0.1, -0.05) is 25.8 Å². The van der Waals surface area contributed by atoms with E-state index in [-0.39, 0.29) is 5.54 Å². The van der Waals surface area contributed by atoms with E-state index in [0.717, 1.165) is 5.70 Å². The first-order valence-corrected chi connectivity index (χ1v) is 7.00. The number of allylic oxidation sites excluding steroid dienone is 2. The van der Waals surface area contributed by atoms with Gasteiger partial charge in [0.2, 0.25) is 0 Å². The van der Waals surface area contributed by atoms with E-state index in [4.69, 9.17) is 4.99 Å². The maximum absolute atomic E-state index is 4.93. The second-order valence-electron chi connectivity index (χ2n) is 5.84. The molecule has 98 valence electrons. The predicted octanol–water partition coefficient (Wildman–Crippen LogP) is 4.33. The molecule has 1 saturated carbocycles. The Labute approximate surface area is 111 Å². The van der Waals surface area contributed by atoms with Crippen LogP contribution in [0.2, 0.25) is 0 Å². The molecule has 2 rings (SSSR count). The van der Waals surface area contributed by atoms with Crippen LogP contribution >= 0.6 is 0 Å². The smallest absolute Gasteiger partial charge is 0.114 e. The summed E-state index contributed by atoms with van der Waals surface area (Å²) in [6.45, 7) is 10.0. The molecule has 0 aromatic heterocycles. The van der Waals surface area contributed by atoms with Gasteiger partial charge in [0.25, 0.3) is 0 Å². The summed E-state index contributed by atoms with van der Waals surface area (Å²) in [5.41, 5.74) is 3.19. The van der Waals surface area contributed by atoms with E-state index in [2.05, 4.69) is 31.5 Å². The third kappa shape index (κ3) is 2.80. The van der Waals surface area contributed by atoms with Crippen molar-refractivity contribution in [2.75, 3.05) is 0 Å². The highest BCUT2D eigenvalue weighted by Crippen LogP contribution is 2.33. The first-order chi connectivity index (χ1) is 8.51. The summed E-state index contributed by atoms with van der Waals surface area (Å²) in [6, 6.07) is 0. The zero-order valence-electron chi connectivity index (χ0n) is 11.9. The van der Waals surface area contributed by atoms with Crippen LogP contribution < -0.4 is 0 Å². The van der Waals surface area contributed by atoms with Crippen LogP contribution in [0.5, 0.6) is 0 Å². The van der Waals surface area contributed by atoms with Crippen molar-refractivity contribution in [3.8, 4) is 0 Å². The van der Waals surface area contributed by atoms with E-state index < -0.39 is 0 Å². The van der Waals surface area contributed by atoms with E-state index in [1.807, 2.05) is 13.1 Å². The number of nitrogens with zero attached hydrogens (tertiary/aromatic N) is 2. The molecule has 1 heterocycles. The minimum absolute atomic E-state index is 0.244. The maximum atomic E-state index is 4.93. The average Bonchev–Trinajstić information content (AvgIpc) is 2.65. The van der Waals surface area contributed by atoms with Gasteiger partial charge in [-0.05, 0) is 45.3 Å². The largest absolute Gasteiger partial charge is 0.273 e. The van der Waals surface area contributed by atoms with Gasteiger partial charge in [0.1, 0.15) is 5.54 Å². The maximum Gasteiger partial charge on any atom is 0.114 e. The molecule has 0 radical (unpaired) electrons.